The first-order valence-corrected chi connectivity index (χ1v) is 13.8. The van der Waals surface area contributed by atoms with Gasteiger partial charge in [0.25, 0.3) is 0 Å². The number of hydrogen-bond donors (Lipinski definition) is 2. The van der Waals surface area contributed by atoms with Crippen molar-refractivity contribution in [3.05, 3.63) is 77.1 Å². The Hall–Kier alpha value is -3.91. The van der Waals surface area contributed by atoms with E-state index in [9.17, 15) is 0 Å². The summed E-state index contributed by atoms with van der Waals surface area (Å²) in [5.74, 6) is 1.56. The molecule has 4 aromatic rings. The Morgan fingerprint density at radius 3 is 2.44 bits per heavy atom. The van der Waals surface area contributed by atoms with Gasteiger partial charge in [-0.25, -0.2) is 4.68 Å². The zero-order valence-corrected chi connectivity index (χ0v) is 23.1. The molecule has 0 aliphatic carbocycles. The van der Waals surface area contributed by atoms with Crippen LogP contribution in [0.4, 0.5) is 11.8 Å². The van der Waals surface area contributed by atoms with E-state index in [0.29, 0.717) is 17.9 Å². The lowest BCUT2D eigenvalue weighted by Gasteiger charge is -2.39. The smallest absolute Gasteiger partial charge is 0.225 e. The molecule has 39 heavy (non-hydrogen) atoms. The van der Waals surface area contributed by atoms with E-state index < -0.39 is 0 Å². The summed E-state index contributed by atoms with van der Waals surface area (Å²) >= 11 is 0. The minimum Gasteiger partial charge on any atom is -0.473 e. The molecule has 0 bridgehead atoms. The van der Waals surface area contributed by atoms with Gasteiger partial charge < -0.3 is 20.7 Å². The minimum atomic E-state index is 0.235. The van der Waals surface area contributed by atoms with E-state index in [-0.39, 0.29) is 5.95 Å². The summed E-state index contributed by atoms with van der Waals surface area (Å²) in [6.45, 7) is 10.8. The summed E-state index contributed by atoms with van der Waals surface area (Å²) < 4.78 is 8.15. The standard InChI is InChI=1S/C31H37N7O/c1-21-4-5-24(16-22(21)2)25-6-7-26(27(17-25)38-13-8-23(3)36-38)19-39-29-18-28(34-30(32)35-29)37-14-10-31(11-15-37)9-12-33-20-31/h4-8,13,16-18,33H,9-12,14-15,19-20H2,1-3H3,(H2,32,34,35). The third-order valence-electron chi connectivity index (χ3n) is 8.46. The molecule has 4 heterocycles. The minimum absolute atomic E-state index is 0.235. The number of aryl methyl sites for hydroxylation is 3. The molecule has 0 radical (unpaired) electrons. The van der Waals surface area contributed by atoms with Gasteiger partial charge in [-0.2, -0.15) is 15.1 Å². The fourth-order valence-corrected chi connectivity index (χ4v) is 5.80. The van der Waals surface area contributed by atoms with Crippen LogP contribution < -0.4 is 20.7 Å². The van der Waals surface area contributed by atoms with Gasteiger partial charge in [-0.05, 0) is 86.4 Å². The maximum atomic E-state index is 6.24. The number of nitrogen functional groups attached to an aromatic ring is 1. The van der Waals surface area contributed by atoms with E-state index in [0.717, 1.165) is 54.5 Å². The molecule has 8 heteroatoms. The molecular weight excluding hydrogens is 486 g/mol. The van der Waals surface area contributed by atoms with Gasteiger partial charge in [0.05, 0.1) is 11.4 Å². The summed E-state index contributed by atoms with van der Waals surface area (Å²) in [6, 6.07) is 16.9. The van der Waals surface area contributed by atoms with E-state index in [1.807, 2.05) is 29.9 Å². The van der Waals surface area contributed by atoms with Crippen molar-refractivity contribution in [2.75, 3.05) is 36.8 Å². The van der Waals surface area contributed by atoms with E-state index >= 15 is 0 Å². The zero-order chi connectivity index (χ0) is 27.0. The molecule has 2 aromatic carbocycles. The Morgan fingerprint density at radius 2 is 1.72 bits per heavy atom. The molecule has 2 aliphatic heterocycles. The highest BCUT2D eigenvalue weighted by molar-refractivity contribution is 5.68. The molecular formula is C31H37N7O. The first-order chi connectivity index (χ1) is 18.9. The quantitative estimate of drug-likeness (QED) is 0.367. The summed E-state index contributed by atoms with van der Waals surface area (Å²) in [5.41, 5.74) is 14.4. The molecule has 3 N–H and O–H groups in total. The molecule has 202 valence electrons. The highest BCUT2D eigenvalue weighted by Crippen LogP contribution is 2.38. The average molecular weight is 524 g/mol. The number of nitrogens with zero attached hydrogens (tertiary/aromatic N) is 5. The Morgan fingerprint density at radius 1 is 0.923 bits per heavy atom. The van der Waals surface area contributed by atoms with Gasteiger partial charge in [0.2, 0.25) is 11.8 Å². The Kier molecular flexibility index (Phi) is 6.73. The van der Waals surface area contributed by atoms with Crippen molar-refractivity contribution < 1.29 is 4.74 Å². The van der Waals surface area contributed by atoms with E-state index in [1.165, 1.54) is 36.0 Å². The lowest BCUT2D eigenvalue weighted by Crippen LogP contribution is -2.41. The van der Waals surface area contributed by atoms with Crippen LogP contribution in [0.2, 0.25) is 0 Å². The molecule has 2 aliphatic rings. The summed E-state index contributed by atoms with van der Waals surface area (Å²) in [5, 5.41) is 8.22. The van der Waals surface area contributed by atoms with Gasteiger partial charge in [0.1, 0.15) is 12.4 Å². The number of aromatic nitrogens is 4. The van der Waals surface area contributed by atoms with Gasteiger partial charge in [0.15, 0.2) is 0 Å². The number of anilines is 2. The zero-order valence-electron chi connectivity index (χ0n) is 23.1. The predicted octanol–water partition coefficient (Wildman–Crippen LogP) is 5.00. The Bertz CT molecular complexity index is 1480. The monoisotopic (exact) mass is 523 g/mol. The molecule has 0 amide bonds. The Labute approximate surface area is 230 Å². The molecule has 8 nitrogen and oxygen atoms in total. The number of rotatable bonds is 6. The second-order valence-corrected chi connectivity index (χ2v) is 11.2. The molecule has 1 spiro atoms. The summed E-state index contributed by atoms with van der Waals surface area (Å²) in [7, 11) is 0. The van der Waals surface area contributed by atoms with Crippen molar-refractivity contribution in [2.45, 2.75) is 46.6 Å². The lowest BCUT2D eigenvalue weighted by atomic mass is 9.78. The van der Waals surface area contributed by atoms with Crippen LogP contribution in [0, 0.1) is 26.2 Å². The van der Waals surface area contributed by atoms with Gasteiger partial charge >= 0.3 is 0 Å². The topological polar surface area (TPSA) is 94.1 Å². The summed E-state index contributed by atoms with van der Waals surface area (Å²) in [4.78, 5) is 11.2. The number of hydrogen-bond acceptors (Lipinski definition) is 7. The summed E-state index contributed by atoms with van der Waals surface area (Å²) in [6.07, 6.45) is 5.59. The van der Waals surface area contributed by atoms with Crippen LogP contribution in [-0.2, 0) is 6.61 Å². The third kappa shape index (κ3) is 5.34. The number of nitrogens with two attached hydrogens (primary N) is 1. The van der Waals surface area contributed by atoms with Crippen molar-refractivity contribution in [1.82, 2.24) is 25.1 Å². The van der Waals surface area contributed by atoms with E-state index in [1.54, 1.807) is 0 Å². The second kappa shape index (κ2) is 10.3. The van der Waals surface area contributed by atoms with Crippen LogP contribution in [0.1, 0.15) is 41.6 Å². The second-order valence-electron chi connectivity index (χ2n) is 11.2. The van der Waals surface area contributed by atoms with Crippen molar-refractivity contribution >= 4 is 11.8 Å². The molecule has 6 rings (SSSR count). The predicted molar refractivity (Wildman–Crippen MR) is 155 cm³/mol. The van der Waals surface area contributed by atoms with E-state index in [2.05, 4.69) is 75.5 Å². The van der Waals surface area contributed by atoms with Gasteiger partial charge in [-0.15, -0.1) is 0 Å². The first-order valence-electron chi connectivity index (χ1n) is 13.8. The first kappa shape index (κ1) is 25.4. The van der Waals surface area contributed by atoms with Crippen LogP contribution >= 0.6 is 0 Å². The van der Waals surface area contributed by atoms with Crippen molar-refractivity contribution in [2.24, 2.45) is 5.41 Å². The third-order valence-corrected chi connectivity index (χ3v) is 8.46. The highest BCUT2D eigenvalue weighted by atomic mass is 16.5. The maximum Gasteiger partial charge on any atom is 0.225 e. The highest BCUT2D eigenvalue weighted by Gasteiger charge is 2.37. The van der Waals surface area contributed by atoms with Crippen molar-refractivity contribution in [3.8, 4) is 22.7 Å². The molecule has 2 saturated heterocycles. The van der Waals surface area contributed by atoms with E-state index in [4.69, 9.17) is 10.5 Å². The van der Waals surface area contributed by atoms with Gasteiger partial charge in [-0.3, -0.25) is 0 Å². The largest absolute Gasteiger partial charge is 0.473 e. The van der Waals surface area contributed by atoms with Gasteiger partial charge in [-0.1, -0.05) is 30.3 Å². The van der Waals surface area contributed by atoms with Crippen molar-refractivity contribution in [3.63, 3.8) is 0 Å². The normalized spacial score (nSPS) is 16.6. The average Bonchev–Trinajstić information content (AvgIpc) is 3.58. The maximum absolute atomic E-state index is 6.24. The van der Waals surface area contributed by atoms with Crippen molar-refractivity contribution in [1.29, 1.82) is 0 Å². The number of benzene rings is 2. The molecule has 0 atom stereocenters. The van der Waals surface area contributed by atoms with Gasteiger partial charge in [0, 0.05) is 37.5 Å². The number of nitrogens with one attached hydrogen (secondary N) is 1. The molecule has 0 unspecified atom stereocenters. The fourth-order valence-electron chi connectivity index (χ4n) is 5.80. The number of piperidine rings is 1. The SMILES string of the molecule is Cc1ccn(-c2cc(-c3ccc(C)c(C)c3)ccc2COc2cc(N3CCC4(CCNC4)CC3)nc(N)n2)n1. The molecule has 2 fully saturated rings. The van der Waals surface area contributed by atoms with Crippen LogP contribution in [0.3, 0.4) is 0 Å². The van der Waals surface area contributed by atoms with Crippen LogP contribution in [-0.4, -0.2) is 45.9 Å². The van der Waals surface area contributed by atoms with Crippen LogP contribution in [0.5, 0.6) is 5.88 Å². The Balaban J connectivity index is 1.24. The fraction of sp³-hybridized carbons (Fsp3) is 0.387. The van der Waals surface area contributed by atoms with Crippen LogP contribution in [0.15, 0.2) is 54.7 Å². The number of ether oxygens (including phenoxy) is 1. The molecule has 2 aromatic heterocycles. The molecule has 0 saturated carbocycles. The van der Waals surface area contributed by atoms with Crippen LogP contribution in [0.25, 0.3) is 16.8 Å². The lowest BCUT2D eigenvalue weighted by molar-refractivity contribution is 0.246.